The molecule has 1 aliphatic heterocycles. The number of nitrogens with zero attached hydrogens (tertiary/aromatic N) is 6. The fourth-order valence-corrected chi connectivity index (χ4v) is 7.67. The first-order chi connectivity index (χ1) is 15.6. The standard InChI is InChI=1S/C24H32N6O2/c1-32-21-4-2-20(3-5-21)28-6-8-29(9-7-28)22(31)15-23-11-18-10-19(12-23)14-24(13-18,16-23)30-26-17-25-27-30/h2-5,17-19H,6-16H2,1H3/t18-,19-,23?,24?/m0/s1. The Balaban J connectivity index is 1.12. The van der Waals surface area contributed by atoms with Crippen LogP contribution in [0.25, 0.3) is 0 Å². The van der Waals surface area contributed by atoms with E-state index in [-0.39, 0.29) is 11.0 Å². The van der Waals surface area contributed by atoms with Crippen molar-refractivity contribution in [3.63, 3.8) is 0 Å². The molecule has 7 rings (SSSR count). The van der Waals surface area contributed by atoms with E-state index >= 15 is 0 Å². The Hall–Kier alpha value is -2.64. The number of hydrogen-bond acceptors (Lipinski definition) is 6. The van der Waals surface area contributed by atoms with Gasteiger partial charge in [-0.3, -0.25) is 4.79 Å². The van der Waals surface area contributed by atoms with Crippen LogP contribution >= 0.6 is 0 Å². The lowest BCUT2D eigenvalue weighted by atomic mass is 9.46. The Morgan fingerprint density at radius 3 is 2.41 bits per heavy atom. The van der Waals surface area contributed by atoms with Crippen LogP contribution in [0.1, 0.15) is 44.9 Å². The molecule has 4 bridgehead atoms. The van der Waals surface area contributed by atoms with Crippen LogP contribution in [0.2, 0.25) is 0 Å². The number of amides is 1. The summed E-state index contributed by atoms with van der Waals surface area (Å²) >= 11 is 0. The molecule has 2 heterocycles. The molecule has 170 valence electrons. The molecule has 1 saturated heterocycles. The number of rotatable bonds is 5. The minimum absolute atomic E-state index is 0.0199. The Morgan fingerprint density at radius 2 is 1.78 bits per heavy atom. The summed E-state index contributed by atoms with van der Waals surface area (Å²) in [5.74, 6) is 2.60. The SMILES string of the molecule is COc1ccc(N2CCN(C(=O)CC34C[C@@H]5C[C@@H](C3)CC(n3ncnn3)(C5)C4)CC2)cc1. The average molecular weight is 437 g/mol. The van der Waals surface area contributed by atoms with E-state index in [9.17, 15) is 4.79 Å². The first kappa shape index (κ1) is 20.0. The quantitative estimate of drug-likeness (QED) is 0.717. The number of carbonyl (C=O) groups excluding carboxylic acids is 1. The highest BCUT2D eigenvalue weighted by molar-refractivity contribution is 5.77. The van der Waals surface area contributed by atoms with Gasteiger partial charge in [-0.05, 0) is 85.3 Å². The molecule has 0 unspecified atom stereocenters. The van der Waals surface area contributed by atoms with E-state index in [0.717, 1.165) is 51.2 Å². The molecular weight excluding hydrogens is 404 g/mol. The van der Waals surface area contributed by atoms with Gasteiger partial charge < -0.3 is 14.5 Å². The van der Waals surface area contributed by atoms with E-state index in [1.165, 1.54) is 24.9 Å². The van der Waals surface area contributed by atoms with Crippen LogP contribution in [-0.4, -0.2) is 64.3 Å². The molecule has 8 heteroatoms. The van der Waals surface area contributed by atoms with E-state index in [1.54, 1.807) is 13.4 Å². The maximum atomic E-state index is 13.4. The topological polar surface area (TPSA) is 76.4 Å². The number of tetrazole rings is 1. The molecule has 5 fully saturated rings. The van der Waals surface area contributed by atoms with Gasteiger partial charge in [-0.15, -0.1) is 10.2 Å². The molecule has 32 heavy (non-hydrogen) atoms. The second-order valence-electron chi connectivity index (χ2n) is 10.7. The zero-order valence-corrected chi connectivity index (χ0v) is 18.8. The third-order valence-electron chi connectivity index (χ3n) is 8.52. The molecule has 0 radical (unpaired) electrons. The summed E-state index contributed by atoms with van der Waals surface area (Å²) in [6, 6.07) is 8.20. The molecule has 1 aromatic carbocycles. The van der Waals surface area contributed by atoms with Crippen molar-refractivity contribution < 1.29 is 9.53 Å². The minimum Gasteiger partial charge on any atom is -0.497 e. The molecule has 2 aromatic rings. The first-order valence-electron chi connectivity index (χ1n) is 12.0. The number of aromatic nitrogens is 4. The Labute approximate surface area is 188 Å². The van der Waals surface area contributed by atoms with E-state index in [2.05, 4.69) is 37.3 Å². The Kier molecular flexibility index (Phi) is 4.66. The van der Waals surface area contributed by atoms with Gasteiger partial charge >= 0.3 is 0 Å². The summed E-state index contributed by atoms with van der Waals surface area (Å²) in [6.45, 7) is 3.35. The lowest BCUT2D eigenvalue weighted by molar-refractivity contribution is -0.147. The van der Waals surface area contributed by atoms with Gasteiger partial charge in [0.15, 0.2) is 6.33 Å². The predicted octanol–water partition coefficient (Wildman–Crippen LogP) is 2.72. The normalized spacial score (nSPS) is 33.5. The first-order valence-corrected chi connectivity index (χ1v) is 12.0. The maximum absolute atomic E-state index is 13.4. The average Bonchev–Trinajstić information content (AvgIpc) is 3.34. The Bertz CT molecular complexity index is 953. The third kappa shape index (κ3) is 3.35. The lowest BCUT2D eigenvalue weighted by Crippen LogP contribution is -2.58. The monoisotopic (exact) mass is 436 g/mol. The number of carbonyl (C=O) groups is 1. The number of piperazine rings is 1. The summed E-state index contributed by atoms with van der Waals surface area (Å²) in [5, 5.41) is 12.7. The van der Waals surface area contributed by atoms with Gasteiger partial charge in [-0.1, -0.05) is 0 Å². The second-order valence-corrected chi connectivity index (χ2v) is 10.7. The molecule has 4 aliphatic carbocycles. The van der Waals surface area contributed by atoms with Crippen molar-refractivity contribution in [1.82, 2.24) is 25.1 Å². The number of methoxy groups -OCH3 is 1. The molecular formula is C24H32N6O2. The van der Waals surface area contributed by atoms with Crippen LogP contribution in [0, 0.1) is 17.3 Å². The number of anilines is 1. The van der Waals surface area contributed by atoms with Crippen molar-refractivity contribution in [2.45, 2.75) is 50.5 Å². The van der Waals surface area contributed by atoms with Crippen molar-refractivity contribution in [3.05, 3.63) is 30.6 Å². The van der Waals surface area contributed by atoms with Gasteiger partial charge in [0.05, 0.1) is 12.6 Å². The highest BCUT2D eigenvalue weighted by Crippen LogP contribution is 2.65. The fourth-order valence-electron chi connectivity index (χ4n) is 7.67. The molecule has 4 saturated carbocycles. The van der Waals surface area contributed by atoms with E-state index in [0.29, 0.717) is 24.2 Å². The van der Waals surface area contributed by atoms with Crippen LogP contribution in [-0.2, 0) is 10.3 Å². The van der Waals surface area contributed by atoms with Gasteiger partial charge in [-0.2, -0.15) is 4.80 Å². The van der Waals surface area contributed by atoms with Crippen molar-refractivity contribution in [1.29, 1.82) is 0 Å². The summed E-state index contributed by atoms with van der Waals surface area (Å²) < 4.78 is 5.27. The highest BCUT2D eigenvalue weighted by atomic mass is 16.5. The zero-order valence-electron chi connectivity index (χ0n) is 18.8. The summed E-state index contributed by atoms with van der Waals surface area (Å²) in [5.41, 5.74) is 1.29. The van der Waals surface area contributed by atoms with Crippen LogP contribution in [0.4, 0.5) is 5.69 Å². The predicted molar refractivity (Wildman–Crippen MR) is 119 cm³/mol. The van der Waals surface area contributed by atoms with Crippen molar-refractivity contribution in [2.24, 2.45) is 17.3 Å². The van der Waals surface area contributed by atoms with Gasteiger partial charge in [0.1, 0.15) is 5.75 Å². The number of ether oxygens (including phenoxy) is 1. The van der Waals surface area contributed by atoms with Crippen molar-refractivity contribution in [2.75, 3.05) is 38.2 Å². The maximum Gasteiger partial charge on any atom is 0.223 e. The smallest absolute Gasteiger partial charge is 0.223 e. The summed E-state index contributed by atoms with van der Waals surface area (Å²) in [6.07, 6.45) is 9.26. The molecule has 8 nitrogen and oxygen atoms in total. The molecule has 2 atom stereocenters. The molecule has 0 N–H and O–H groups in total. The zero-order chi connectivity index (χ0) is 21.8. The molecule has 1 aromatic heterocycles. The summed E-state index contributed by atoms with van der Waals surface area (Å²) in [7, 11) is 1.69. The number of benzene rings is 1. The Morgan fingerprint density at radius 1 is 1.06 bits per heavy atom. The second kappa shape index (κ2) is 7.46. The van der Waals surface area contributed by atoms with Crippen LogP contribution in [0.3, 0.4) is 0 Å². The van der Waals surface area contributed by atoms with E-state index in [1.807, 2.05) is 16.9 Å². The largest absolute Gasteiger partial charge is 0.497 e. The molecule has 5 aliphatic rings. The van der Waals surface area contributed by atoms with Gasteiger partial charge in [-0.25, -0.2) is 0 Å². The van der Waals surface area contributed by atoms with Crippen molar-refractivity contribution in [3.8, 4) is 5.75 Å². The van der Waals surface area contributed by atoms with Crippen molar-refractivity contribution >= 4 is 11.6 Å². The summed E-state index contributed by atoms with van der Waals surface area (Å²) in [4.78, 5) is 19.8. The number of hydrogen-bond donors (Lipinski definition) is 0. The van der Waals surface area contributed by atoms with E-state index in [4.69, 9.17) is 4.74 Å². The van der Waals surface area contributed by atoms with Crippen LogP contribution < -0.4 is 9.64 Å². The van der Waals surface area contributed by atoms with Gasteiger partial charge in [0.25, 0.3) is 0 Å². The van der Waals surface area contributed by atoms with Gasteiger partial charge in [0.2, 0.25) is 5.91 Å². The molecule has 0 spiro atoms. The highest BCUT2D eigenvalue weighted by Gasteiger charge is 2.60. The van der Waals surface area contributed by atoms with Crippen LogP contribution in [0.5, 0.6) is 5.75 Å². The van der Waals surface area contributed by atoms with Crippen LogP contribution in [0.15, 0.2) is 30.6 Å². The lowest BCUT2D eigenvalue weighted by Gasteiger charge is -2.61. The molecule has 1 amide bonds. The van der Waals surface area contributed by atoms with E-state index < -0.39 is 0 Å². The van der Waals surface area contributed by atoms with Gasteiger partial charge in [0, 0.05) is 38.3 Å². The fraction of sp³-hybridized carbons (Fsp3) is 0.667. The third-order valence-corrected chi connectivity index (χ3v) is 8.52. The minimum atomic E-state index is -0.0199.